The van der Waals surface area contributed by atoms with Crippen LogP contribution in [0, 0.1) is 17.5 Å². The fourth-order valence-electron chi connectivity index (χ4n) is 3.99. The summed E-state index contributed by atoms with van der Waals surface area (Å²) in [6.45, 7) is 1.08. The Morgan fingerprint density at radius 1 is 1.15 bits per heavy atom. The molecule has 0 radical (unpaired) electrons. The number of hydrogen-bond donors (Lipinski definition) is 2. The zero-order chi connectivity index (χ0) is 19.0. The van der Waals surface area contributed by atoms with Crippen LogP contribution in [0.2, 0.25) is 0 Å². The highest BCUT2D eigenvalue weighted by atomic mass is 19.1. The predicted octanol–water partition coefficient (Wildman–Crippen LogP) is 2.56. The second-order valence-corrected chi connectivity index (χ2v) is 7.09. The molecule has 1 spiro atoms. The lowest BCUT2D eigenvalue weighted by molar-refractivity contribution is -0.135. The van der Waals surface area contributed by atoms with Crippen molar-refractivity contribution in [3.8, 4) is 11.1 Å². The standard InChI is InChI=1S/C20H19F3N2O2/c21-14-6-13(7-15(22)9-14)16-3-1-2-12(19(16)23)8-17-20(4-5-24-17)11-27-10-18(26)25-20/h1-3,6-7,9,17,24H,4-5,8,10-11H2,(H,25,26)/t17-,20+/m0/s1. The maximum atomic E-state index is 15.1. The summed E-state index contributed by atoms with van der Waals surface area (Å²) in [6, 6.07) is 7.57. The number of nitrogens with one attached hydrogen (secondary N) is 2. The third-order valence-electron chi connectivity index (χ3n) is 5.29. The van der Waals surface area contributed by atoms with Gasteiger partial charge in [0.25, 0.3) is 0 Å². The maximum absolute atomic E-state index is 15.1. The van der Waals surface area contributed by atoms with E-state index in [1.165, 1.54) is 6.07 Å². The van der Waals surface area contributed by atoms with Crippen molar-refractivity contribution in [2.45, 2.75) is 24.4 Å². The SMILES string of the molecule is O=C1COC[C@@]2(CCN[C@H]2Cc2cccc(-c3cc(F)cc(F)c3)c2F)N1. The Morgan fingerprint density at radius 2 is 1.93 bits per heavy atom. The van der Waals surface area contributed by atoms with E-state index in [0.29, 0.717) is 31.6 Å². The quantitative estimate of drug-likeness (QED) is 0.866. The molecule has 2 fully saturated rings. The van der Waals surface area contributed by atoms with Crippen LogP contribution < -0.4 is 10.6 Å². The Hall–Kier alpha value is -2.38. The Morgan fingerprint density at radius 3 is 2.67 bits per heavy atom. The summed E-state index contributed by atoms with van der Waals surface area (Å²) in [7, 11) is 0. The molecular formula is C20H19F3N2O2. The lowest BCUT2D eigenvalue weighted by Gasteiger charge is -2.39. The Kier molecular flexibility index (Phi) is 4.65. The molecule has 142 valence electrons. The molecule has 4 nitrogen and oxygen atoms in total. The number of carbonyl (C=O) groups excluding carboxylic acids is 1. The van der Waals surface area contributed by atoms with Gasteiger partial charge in [-0.1, -0.05) is 18.2 Å². The molecule has 2 N–H and O–H groups in total. The lowest BCUT2D eigenvalue weighted by Crippen LogP contribution is -2.63. The van der Waals surface area contributed by atoms with Crippen molar-refractivity contribution in [2.75, 3.05) is 19.8 Å². The van der Waals surface area contributed by atoms with Gasteiger partial charge in [-0.3, -0.25) is 4.79 Å². The number of carbonyl (C=O) groups is 1. The van der Waals surface area contributed by atoms with Gasteiger partial charge in [0.2, 0.25) is 5.91 Å². The van der Waals surface area contributed by atoms with Gasteiger partial charge >= 0.3 is 0 Å². The number of ether oxygens (including phenoxy) is 1. The van der Waals surface area contributed by atoms with E-state index in [0.717, 1.165) is 18.2 Å². The Balaban J connectivity index is 1.64. The molecule has 2 atom stereocenters. The van der Waals surface area contributed by atoms with Crippen LogP contribution in [-0.4, -0.2) is 37.2 Å². The van der Waals surface area contributed by atoms with E-state index in [1.807, 2.05) is 0 Å². The van der Waals surface area contributed by atoms with Crippen molar-refractivity contribution in [3.05, 3.63) is 59.4 Å². The second-order valence-electron chi connectivity index (χ2n) is 7.09. The van der Waals surface area contributed by atoms with Gasteiger partial charge in [-0.05, 0) is 42.6 Å². The second kappa shape index (κ2) is 6.98. The molecule has 0 saturated carbocycles. The average Bonchev–Trinajstić information content (AvgIpc) is 2.97. The summed E-state index contributed by atoms with van der Waals surface area (Å²) < 4.78 is 47.6. The van der Waals surface area contributed by atoms with Crippen molar-refractivity contribution in [3.63, 3.8) is 0 Å². The van der Waals surface area contributed by atoms with Crippen LogP contribution in [0.15, 0.2) is 36.4 Å². The molecule has 0 aliphatic carbocycles. The predicted molar refractivity (Wildman–Crippen MR) is 93.6 cm³/mol. The minimum absolute atomic E-state index is 0.0312. The first-order valence-electron chi connectivity index (χ1n) is 8.83. The van der Waals surface area contributed by atoms with Crippen LogP contribution in [0.25, 0.3) is 11.1 Å². The number of benzene rings is 2. The summed E-state index contributed by atoms with van der Waals surface area (Å²) >= 11 is 0. The van der Waals surface area contributed by atoms with E-state index in [2.05, 4.69) is 10.6 Å². The van der Waals surface area contributed by atoms with E-state index in [4.69, 9.17) is 4.74 Å². The molecular weight excluding hydrogens is 357 g/mol. The summed E-state index contributed by atoms with van der Waals surface area (Å²) in [6.07, 6.45) is 1.01. The summed E-state index contributed by atoms with van der Waals surface area (Å²) in [5.41, 5.74) is 0.135. The van der Waals surface area contributed by atoms with Crippen LogP contribution in [-0.2, 0) is 16.0 Å². The molecule has 0 unspecified atom stereocenters. The van der Waals surface area contributed by atoms with Crippen LogP contribution in [0.3, 0.4) is 0 Å². The number of morpholine rings is 1. The van der Waals surface area contributed by atoms with Gasteiger partial charge in [0.15, 0.2) is 0 Å². The van der Waals surface area contributed by atoms with E-state index in [1.54, 1.807) is 12.1 Å². The van der Waals surface area contributed by atoms with Gasteiger partial charge in [-0.25, -0.2) is 13.2 Å². The van der Waals surface area contributed by atoms with Gasteiger partial charge in [0, 0.05) is 17.7 Å². The highest BCUT2D eigenvalue weighted by Crippen LogP contribution is 2.31. The first-order valence-corrected chi connectivity index (χ1v) is 8.83. The number of rotatable bonds is 3. The topological polar surface area (TPSA) is 50.4 Å². The van der Waals surface area contributed by atoms with Crippen molar-refractivity contribution in [1.82, 2.24) is 10.6 Å². The Labute approximate surface area is 154 Å². The first kappa shape index (κ1) is 18.0. The minimum Gasteiger partial charge on any atom is -0.369 e. The maximum Gasteiger partial charge on any atom is 0.246 e. The van der Waals surface area contributed by atoms with Crippen molar-refractivity contribution >= 4 is 5.91 Å². The average molecular weight is 376 g/mol. The van der Waals surface area contributed by atoms with Crippen LogP contribution in [0.4, 0.5) is 13.2 Å². The molecule has 1 amide bonds. The molecule has 7 heteroatoms. The van der Waals surface area contributed by atoms with Crippen LogP contribution in [0.1, 0.15) is 12.0 Å². The summed E-state index contributed by atoms with van der Waals surface area (Å²) in [5.74, 6) is -2.21. The molecule has 27 heavy (non-hydrogen) atoms. The van der Waals surface area contributed by atoms with Crippen molar-refractivity contribution in [2.24, 2.45) is 0 Å². The highest BCUT2D eigenvalue weighted by Gasteiger charge is 2.46. The largest absolute Gasteiger partial charge is 0.369 e. The summed E-state index contributed by atoms with van der Waals surface area (Å²) in [4.78, 5) is 11.8. The highest BCUT2D eigenvalue weighted by molar-refractivity contribution is 5.79. The molecule has 0 bridgehead atoms. The molecule has 2 saturated heterocycles. The third-order valence-corrected chi connectivity index (χ3v) is 5.29. The number of hydrogen-bond acceptors (Lipinski definition) is 3. The van der Waals surface area contributed by atoms with Gasteiger partial charge in [0.1, 0.15) is 24.1 Å². The van der Waals surface area contributed by atoms with E-state index >= 15 is 4.39 Å². The molecule has 4 rings (SSSR count). The smallest absolute Gasteiger partial charge is 0.246 e. The minimum atomic E-state index is -0.756. The van der Waals surface area contributed by atoms with Gasteiger partial charge in [-0.15, -0.1) is 0 Å². The van der Waals surface area contributed by atoms with E-state index in [9.17, 15) is 13.6 Å². The monoisotopic (exact) mass is 376 g/mol. The van der Waals surface area contributed by atoms with Gasteiger partial charge in [-0.2, -0.15) is 0 Å². The first-order chi connectivity index (χ1) is 13.0. The number of halogens is 3. The molecule has 2 aromatic carbocycles. The van der Waals surface area contributed by atoms with Crippen LogP contribution >= 0.6 is 0 Å². The van der Waals surface area contributed by atoms with Gasteiger partial charge in [0.05, 0.1) is 12.1 Å². The van der Waals surface area contributed by atoms with Gasteiger partial charge < -0.3 is 15.4 Å². The molecule has 2 heterocycles. The van der Waals surface area contributed by atoms with Crippen molar-refractivity contribution in [1.29, 1.82) is 0 Å². The zero-order valence-electron chi connectivity index (χ0n) is 14.5. The third kappa shape index (κ3) is 3.44. The van der Waals surface area contributed by atoms with E-state index in [-0.39, 0.29) is 29.7 Å². The molecule has 0 aromatic heterocycles. The summed E-state index contributed by atoms with van der Waals surface area (Å²) in [5, 5.41) is 6.30. The number of amides is 1. The molecule has 2 aromatic rings. The lowest BCUT2D eigenvalue weighted by atomic mass is 9.85. The van der Waals surface area contributed by atoms with Crippen molar-refractivity contribution < 1.29 is 22.7 Å². The molecule has 2 aliphatic heterocycles. The fraction of sp³-hybridized carbons (Fsp3) is 0.350. The van der Waals surface area contributed by atoms with E-state index < -0.39 is 23.0 Å². The molecule has 2 aliphatic rings. The zero-order valence-corrected chi connectivity index (χ0v) is 14.5. The fourth-order valence-corrected chi connectivity index (χ4v) is 3.99. The Bertz CT molecular complexity index is 869. The van der Waals surface area contributed by atoms with Crippen LogP contribution in [0.5, 0.6) is 0 Å². The normalized spacial score (nSPS) is 25.0.